The monoisotopic (exact) mass is 505 g/mol. The summed E-state index contributed by atoms with van der Waals surface area (Å²) in [6.45, 7) is 0.598. The number of halogens is 1. The number of ether oxygens (including phenoxy) is 1. The highest BCUT2D eigenvalue weighted by molar-refractivity contribution is 6.34. The van der Waals surface area contributed by atoms with Crippen molar-refractivity contribution < 1.29 is 14.3 Å². The van der Waals surface area contributed by atoms with E-state index < -0.39 is 0 Å². The van der Waals surface area contributed by atoms with Crippen LogP contribution in [0.2, 0.25) is 5.02 Å². The molecule has 1 fully saturated rings. The molecule has 3 aromatic carbocycles. The van der Waals surface area contributed by atoms with Crippen LogP contribution in [-0.4, -0.2) is 31.0 Å². The molecule has 1 aliphatic rings. The Morgan fingerprint density at radius 2 is 1.69 bits per heavy atom. The zero-order valence-corrected chi connectivity index (χ0v) is 21.0. The molecular formula is C29H32ClN3O3. The number of nitrogens with one attached hydrogen (secondary N) is 3. The fraction of sp³-hybridized carbons (Fsp3) is 0.310. The fourth-order valence-corrected chi connectivity index (χ4v) is 4.51. The van der Waals surface area contributed by atoms with E-state index >= 15 is 0 Å². The third-order valence-electron chi connectivity index (χ3n) is 6.22. The quantitative estimate of drug-likeness (QED) is 0.312. The van der Waals surface area contributed by atoms with Gasteiger partial charge in [0.05, 0.1) is 23.7 Å². The van der Waals surface area contributed by atoms with E-state index in [1.165, 1.54) is 12.0 Å². The van der Waals surface area contributed by atoms with Crippen molar-refractivity contribution in [3.63, 3.8) is 0 Å². The summed E-state index contributed by atoms with van der Waals surface area (Å²) in [6, 6.07) is 22.8. The first-order valence-electron chi connectivity index (χ1n) is 12.5. The predicted octanol–water partition coefficient (Wildman–Crippen LogP) is 6.07. The van der Waals surface area contributed by atoms with Crippen molar-refractivity contribution in [3.05, 3.63) is 88.9 Å². The number of anilines is 2. The van der Waals surface area contributed by atoms with Crippen molar-refractivity contribution in [2.75, 3.05) is 23.8 Å². The maximum absolute atomic E-state index is 12.7. The molecule has 2 amide bonds. The zero-order chi connectivity index (χ0) is 25.2. The first kappa shape index (κ1) is 25.6. The number of carbonyl (C=O) groups excluding carboxylic acids is 2. The average molecular weight is 506 g/mol. The normalized spacial score (nSPS) is 13.6. The molecule has 0 aromatic heterocycles. The van der Waals surface area contributed by atoms with Crippen molar-refractivity contribution in [3.8, 4) is 5.75 Å². The molecule has 0 saturated heterocycles. The van der Waals surface area contributed by atoms with E-state index in [9.17, 15) is 9.59 Å². The lowest BCUT2D eigenvalue weighted by molar-refractivity contribution is -0.114. The Balaban J connectivity index is 1.26. The van der Waals surface area contributed by atoms with E-state index in [1.54, 1.807) is 24.3 Å². The van der Waals surface area contributed by atoms with Gasteiger partial charge >= 0.3 is 0 Å². The molecule has 0 radical (unpaired) electrons. The molecule has 7 heteroatoms. The minimum absolute atomic E-state index is 0.0460. The van der Waals surface area contributed by atoms with Crippen LogP contribution in [0.4, 0.5) is 11.4 Å². The Morgan fingerprint density at radius 3 is 2.50 bits per heavy atom. The highest BCUT2D eigenvalue weighted by atomic mass is 35.5. The van der Waals surface area contributed by atoms with Gasteiger partial charge in [0.25, 0.3) is 5.91 Å². The predicted molar refractivity (Wildman–Crippen MR) is 145 cm³/mol. The van der Waals surface area contributed by atoms with Crippen molar-refractivity contribution in [2.24, 2.45) is 0 Å². The average Bonchev–Trinajstić information content (AvgIpc) is 2.89. The van der Waals surface area contributed by atoms with Gasteiger partial charge in [0.2, 0.25) is 5.91 Å². The Labute approximate surface area is 217 Å². The van der Waals surface area contributed by atoms with Crippen LogP contribution in [0.1, 0.15) is 48.0 Å². The van der Waals surface area contributed by atoms with Crippen LogP contribution in [0, 0.1) is 0 Å². The van der Waals surface area contributed by atoms with Crippen molar-refractivity contribution in [2.45, 2.75) is 44.6 Å². The Kier molecular flexibility index (Phi) is 9.22. The molecule has 0 heterocycles. The van der Waals surface area contributed by atoms with Crippen LogP contribution in [0.3, 0.4) is 0 Å². The van der Waals surface area contributed by atoms with Crippen LogP contribution < -0.4 is 20.7 Å². The van der Waals surface area contributed by atoms with E-state index in [0.29, 0.717) is 34.3 Å². The summed E-state index contributed by atoms with van der Waals surface area (Å²) in [5.74, 6) is 0.312. The maximum atomic E-state index is 12.7. The second-order valence-electron chi connectivity index (χ2n) is 9.02. The topological polar surface area (TPSA) is 79.5 Å². The molecule has 3 aromatic rings. The fourth-order valence-electron chi connectivity index (χ4n) is 4.30. The molecule has 0 bridgehead atoms. The lowest BCUT2D eigenvalue weighted by Gasteiger charge is -2.23. The summed E-state index contributed by atoms with van der Waals surface area (Å²) in [5, 5.41) is 9.43. The van der Waals surface area contributed by atoms with Crippen LogP contribution in [0.25, 0.3) is 0 Å². The molecule has 1 aliphatic carbocycles. The third-order valence-corrected chi connectivity index (χ3v) is 6.55. The summed E-state index contributed by atoms with van der Waals surface area (Å²) < 4.78 is 5.85. The Bertz CT molecular complexity index is 1160. The molecular weight excluding hydrogens is 474 g/mol. The van der Waals surface area contributed by atoms with Gasteiger partial charge in [-0.25, -0.2) is 0 Å². The maximum Gasteiger partial charge on any atom is 0.253 e. The Morgan fingerprint density at radius 1 is 0.889 bits per heavy atom. The van der Waals surface area contributed by atoms with Crippen LogP contribution in [0.5, 0.6) is 5.75 Å². The number of carbonyl (C=O) groups is 2. The van der Waals surface area contributed by atoms with Crippen molar-refractivity contribution in [1.29, 1.82) is 0 Å². The molecule has 4 rings (SSSR count). The SMILES string of the molecule is O=C(CNc1ccc(Cl)c(C(=O)NC2CCCCC2)c1)Nc1cccc(OCCc2ccccc2)c1. The summed E-state index contributed by atoms with van der Waals surface area (Å²) in [6.07, 6.45) is 6.31. The number of benzene rings is 3. The summed E-state index contributed by atoms with van der Waals surface area (Å²) in [4.78, 5) is 25.3. The van der Waals surface area contributed by atoms with Crippen LogP contribution in [0.15, 0.2) is 72.8 Å². The van der Waals surface area contributed by atoms with Crippen LogP contribution in [-0.2, 0) is 11.2 Å². The highest BCUT2D eigenvalue weighted by Crippen LogP contribution is 2.23. The largest absolute Gasteiger partial charge is 0.493 e. The number of hydrogen-bond donors (Lipinski definition) is 3. The minimum atomic E-state index is -0.209. The molecule has 0 aliphatic heterocycles. The summed E-state index contributed by atoms with van der Waals surface area (Å²) >= 11 is 6.28. The van der Waals surface area contributed by atoms with Gasteiger partial charge < -0.3 is 20.7 Å². The number of rotatable bonds is 10. The smallest absolute Gasteiger partial charge is 0.253 e. The standard InChI is InChI=1S/C29H32ClN3O3/c30-27-15-14-23(19-26(27)29(35)33-22-10-5-2-6-11-22)31-20-28(34)32-24-12-7-13-25(18-24)36-17-16-21-8-3-1-4-9-21/h1,3-4,7-9,12-15,18-19,22,31H,2,5-6,10-11,16-17,20H2,(H,32,34)(H,33,35). The zero-order valence-electron chi connectivity index (χ0n) is 20.3. The molecule has 0 atom stereocenters. The number of amides is 2. The summed E-state index contributed by atoms with van der Waals surface area (Å²) in [5.41, 5.74) is 2.93. The van der Waals surface area contributed by atoms with E-state index in [1.807, 2.05) is 36.4 Å². The van der Waals surface area contributed by atoms with Gasteiger partial charge in [0.1, 0.15) is 5.75 Å². The van der Waals surface area contributed by atoms with Gasteiger partial charge in [0, 0.05) is 29.9 Å². The van der Waals surface area contributed by atoms with Crippen LogP contribution >= 0.6 is 11.6 Å². The molecule has 36 heavy (non-hydrogen) atoms. The van der Waals surface area contributed by atoms with Crippen molar-refractivity contribution in [1.82, 2.24) is 5.32 Å². The van der Waals surface area contributed by atoms with Gasteiger partial charge in [-0.1, -0.05) is 67.3 Å². The molecule has 0 spiro atoms. The third kappa shape index (κ3) is 7.75. The first-order chi connectivity index (χ1) is 17.6. The highest BCUT2D eigenvalue weighted by Gasteiger charge is 2.18. The van der Waals surface area contributed by atoms with E-state index in [-0.39, 0.29) is 24.4 Å². The second kappa shape index (κ2) is 13.0. The molecule has 0 unspecified atom stereocenters. The first-order valence-corrected chi connectivity index (χ1v) is 12.9. The van der Waals surface area contributed by atoms with E-state index in [4.69, 9.17) is 16.3 Å². The van der Waals surface area contributed by atoms with Crippen molar-refractivity contribution >= 4 is 34.8 Å². The summed E-state index contributed by atoms with van der Waals surface area (Å²) in [7, 11) is 0. The number of hydrogen-bond acceptors (Lipinski definition) is 4. The minimum Gasteiger partial charge on any atom is -0.493 e. The van der Waals surface area contributed by atoms with E-state index in [0.717, 1.165) is 32.1 Å². The lowest BCUT2D eigenvalue weighted by atomic mass is 9.95. The van der Waals surface area contributed by atoms with E-state index in [2.05, 4.69) is 28.1 Å². The molecule has 188 valence electrons. The van der Waals surface area contributed by atoms with Gasteiger partial charge in [0.15, 0.2) is 0 Å². The van der Waals surface area contributed by atoms with Gasteiger partial charge in [-0.15, -0.1) is 0 Å². The van der Waals surface area contributed by atoms with Gasteiger partial charge in [-0.05, 0) is 48.7 Å². The lowest BCUT2D eigenvalue weighted by Crippen LogP contribution is -2.36. The second-order valence-corrected chi connectivity index (χ2v) is 9.42. The Hall–Kier alpha value is -3.51. The molecule has 6 nitrogen and oxygen atoms in total. The molecule has 1 saturated carbocycles. The van der Waals surface area contributed by atoms with Gasteiger partial charge in [-0.2, -0.15) is 0 Å². The van der Waals surface area contributed by atoms with Gasteiger partial charge in [-0.3, -0.25) is 9.59 Å². The molecule has 3 N–H and O–H groups in total.